The van der Waals surface area contributed by atoms with Gasteiger partial charge in [-0.1, -0.05) is 0 Å². The van der Waals surface area contributed by atoms with Gasteiger partial charge in [-0.3, -0.25) is 4.79 Å². The monoisotopic (exact) mass is 207 g/mol. The van der Waals surface area contributed by atoms with Crippen LogP contribution in [0, 0.1) is 0 Å². The second kappa shape index (κ2) is 3.65. The maximum atomic E-state index is 11.8. The van der Waals surface area contributed by atoms with E-state index in [2.05, 4.69) is 12.6 Å². The van der Waals surface area contributed by atoms with Crippen molar-refractivity contribution in [3.05, 3.63) is 29.8 Å². The fraction of sp³-hybridized carbons (Fsp3) is 0.364. The largest absolute Gasteiger partial charge is 0.339 e. The fourth-order valence-electron chi connectivity index (χ4n) is 1.44. The summed E-state index contributed by atoms with van der Waals surface area (Å²) in [5.74, 6) is 0.112. The van der Waals surface area contributed by atoms with Gasteiger partial charge < -0.3 is 4.90 Å². The summed E-state index contributed by atoms with van der Waals surface area (Å²) in [5.41, 5.74) is 0.747. The SMILES string of the molecule is CN(C(=O)c1ccc(S)cc1)C1CC1. The summed E-state index contributed by atoms with van der Waals surface area (Å²) < 4.78 is 0. The highest BCUT2D eigenvalue weighted by Crippen LogP contribution is 2.26. The third-order valence-electron chi connectivity index (χ3n) is 2.53. The first-order valence-electron chi connectivity index (χ1n) is 4.74. The van der Waals surface area contributed by atoms with E-state index < -0.39 is 0 Å². The van der Waals surface area contributed by atoms with Crippen LogP contribution in [0.4, 0.5) is 0 Å². The van der Waals surface area contributed by atoms with Crippen molar-refractivity contribution >= 4 is 18.5 Å². The van der Waals surface area contributed by atoms with E-state index in [1.165, 1.54) is 0 Å². The molecule has 0 atom stereocenters. The molecule has 1 aliphatic carbocycles. The van der Waals surface area contributed by atoms with Gasteiger partial charge in [0, 0.05) is 23.5 Å². The van der Waals surface area contributed by atoms with E-state index >= 15 is 0 Å². The minimum Gasteiger partial charge on any atom is -0.339 e. The Labute approximate surface area is 89.3 Å². The van der Waals surface area contributed by atoms with Crippen LogP contribution in [0.1, 0.15) is 23.2 Å². The number of thiol groups is 1. The lowest BCUT2D eigenvalue weighted by molar-refractivity contribution is 0.0785. The Morgan fingerprint density at radius 3 is 2.43 bits per heavy atom. The molecule has 14 heavy (non-hydrogen) atoms. The Hall–Kier alpha value is -0.960. The number of nitrogens with zero attached hydrogens (tertiary/aromatic N) is 1. The molecule has 0 radical (unpaired) electrons. The van der Waals surface area contributed by atoms with Gasteiger partial charge >= 0.3 is 0 Å². The number of benzene rings is 1. The maximum absolute atomic E-state index is 11.8. The molecule has 1 aromatic rings. The molecule has 0 aliphatic heterocycles. The predicted molar refractivity (Wildman–Crippen MR) is 58.8 cm³/mol. The standard InChI is InChI=1S/C11H13NOS/c1-12(9-4-5-9)11(13)8-2-6-10(14)7-3-8/h2-3,6-7,9,14H,4-5H2,1H3. The highest BCUT2D eigenvalue weighted by molar-refractivity contribution is 7.80. The summed E-state index contributed by atoms with van der Waals surface area (Å²) in [6.07, 6.45) is 2.29. The molecule has 0 spiro atoms. The predicted octanol–water partition coefficient (Wildman–Crippen LogP) is 2.21. The topological polar surface area (TPSA) is 20.3 Å². The Bertz CT molecular complexity index is 343. The van der Waals surface area contributed by atoms with Gasteiger partial charge in [0.15, 0.2) is 0 Å². The highest BCUT2D eigenvalue weighted by Gasteiger charge is 2.29. The smallest absolute Gasteiger partial charge is 0.253 e. The Morgan fingerprint density at radius 1 is 1.36 bits per heavy atom. The molecule has 1 amide bonds. The normalized spacial score (nSPS) is 15.3. The molecule has 0 unspecified atom stereocenters. The number of hydrogen-bond donors (Lipinski definition) is 1. The molecule has 2 rings (SSSR count). The van der Waals surface area contributed by atoms with E-state index in [4.69, 9.17) is 0 Å². The zero-order valence-electron chi connectivity index (χ0n) is 8.10. The zero-order valence-corrected chi connectivity index (χ0v) is 9.00. The van der Waals surface area contributed by atoms with E-state index in [-0.39, 0.29) is 5.91 Å². The lowest BCUT2D eigenvalue weighted by atomic mass is 10.2. The van der Waals surface area contributed by atoms with Gasteiger partial charge in [-0.2, -0.15) is 0 Å². The van der Waals surface area contributed by atoms with Crippen molar-refractivity contribution in [3.8, 4) is 0 Å². The van der Waals surface area contributed by atoms with Gasteiger partial charge in [-0.05, 0) is 37.1 Å². The molecule has 0 bridgehead atoms. The van der Waals surface area contributed by atoms with Crippen LogP contribution in [-0.4, -0.2) is 23.9 Å². The second-order valence-corrected chi connectivity index (χ2v) is 4.21. The molecule has 0 N–H and O–H groups in total. The summed E-state index contributed by atoms with van der Waals surface area (Å²) >= 11 is 4.18. The molecule has 0 heterocycles. The van der Waals surface area contributed by atoms with Crippen molar-refractivity contribution < 1.29 is 4.79 Å². The minimum atomic E-state index is 0.112. The van der Waals surface area contributed by atoms with Crippen molar-refractivity contribution in [2.45, 2.75) is 23.8 Å². The van der Waals surface area contributed by atoms with Crippen LogP contribution in [-0.2, 0) is 0 Å². The summed E-state index contributed by atoms with van der Waals surface area (Å²) in [5, 5.41) is 0. The van der Waals surface area contributed by atoms with Crippen molar-refractivity contribution in [1.82, 2.24) is 4.90 Å². The molecule has 1 aliphatic rings. The van der Waals surface area contributed by atoms with Gasteiger partial charge in [0.05, 0.1) is 0 Å². The number of hydrogen-bond acceptors (Lipinski definition) is 2. The zero-order chi connectivity index (χ0) is 10.1. The number of carbonyl (C=O) groups is 1. The van der Waals surface area contributed by atoms with Crippen LogP contribution in [0.25, 0.3) is 0 Å². The van der Waals surface area contributed by atoms with Gasteiger partial charge in [0.2, 0.25) is 0 Å². The van der Waals surface area contributed by atoms with Crippen LogP contribution < -0.4 is 0 Å². The second-order valence-electron chi connectivity index (χ2n) is 3.69. The number of carbonyl (C=O) groups excluding carboxylic acids is 1. The quantitative estimate of drug-likeness (QED) is 0.737. The summed E-state index contributed by atoms with van der Waals surface area (Å²) in [6.45, 7) is 0. The fourth-order valence-corrected chi connectivity index (χ4v) is 1.58. The van der Waals surface area contributed by atoms with E-state index in [0.717, 1.165) is 23.3 Å². The lowest BCUT2D eigenvalue weighted by Gasteiger charge is -2.15. The molecule has 1 fully saturated rings. The van der Waals surface area contributed by atoms with Crippen LogP contribution >= 0.6 is 12.6 Å². The van der Waals surface area contributed by atoms with E-state index in [0.29, 0.717) is 6.04 Å². The van der Waals surface area contributed by atoms with Gasteiger partial charge in [0.25, 0.3) is 5.91 Å². The average Bonchev–Trinajstić information content (AvgIpc) is 3.00. The van der Waals surface area contributed by atoms with Crippen LogP contribution in [0.2, 0.25) is 0 Å². The van der Waals surface area contributed by atoms with Crippen molar-refractivity contribution in [1.29, 1.82) is 0 Å². The Morgan fingerprint density at radius 2 is 1.93 bits per heavy atom. The first kappa shape index (κ1) is 9.59. The molecule has 3 heteroatoms. The molecular formula is C11H13NOS. The van der Waals surface area contributed by atoms with Crippen LogP contribution in [0.3, 0.4) is 0 Å². The van der Waals surface area contributed by atoms with Crippen molar-refractivity contribution in [3.63, 3.8) is 0 Å². The van der Waals surface area contributed by atoms with E-state index in [1.807, 2.05) is 36.2 Å². The first-order chi connectivity index (χ1) is 6.68. The molecule has 74 valence electrons. The third kappa shape index (κ3) is 1.93. The molecule has 0 saturated heterocycles. The minimum absolute atomic E-state index is 0.112. The first-order valence-corrected chi connectivity index (χ1v) is 5.19. The summed E-state index contributed by atoms with van der Waals surface area (Å²) in [7, 11) is 1.87. The third-order valence-corrected chi connectivity index (χ3v) is 2.83. The van der Waals surface area contributed by atoms with Crippen molar-refractivity contribution in [2.75, 3.05) is 7.05 Å². The van der Waals surface area contributed by atoms with Gasteiger partial charge in [-0.25, -0.2) is 0 Å². The van der Waals surface area contributed by atoms with Gasteiger partial charge in [-0.15, -0.1) is 12.6 Å². The molecule has 2 nitrogen and oxygen atoms in total. The van der Waals surface area contributed by atoms with Crippen LogP contribution in [0.5, 0.6) is 0 Å². The van der Waals surface area contributed by atoms with Gasteiger partial charge in [0.1, 0.15) is 0 Å². The molecule has 1 aromatic carbocycles. The highest BCUT2D eigenvalue weighted by atomic mass is 32.1. The van der Waals surface area contributed by atoms with E-state index in [1.54, 1.807) is 0 Å². The number of rotatable bonds is 2. The maximum Gasteiger partial charge on any atom is 0.253 e. The number of amides is 1. The van der Waals surface area contributed by atoms with Crippen LogP contribution in [0.15, 0.2) is 29.2 Å². The average molecular weight is 207 g/mol. The summed E-state index contributed by atoms with van der Waals surface area (Å²) in [4.78, 5) is 14.6. The summed E-state index contributed by atoms with van der Waals surface area (Å²) in [6, 6.07) is 7.81. The molecule has 1 saturated carbocycles. The Balaban J connectivity index is 2.13. The molecule has 0 aromatic heterocycles. The Kier molecular flexibility index (Phi) is 2.50. The molecular weight excluding hydrogens is 194 g/mol. The van der Waals surface area contributed by atoms with E-state index in [9.17, 15) is 4.79 Å². The van der Waals surface area contributed by atoms with Crippen molar-refractivity contribution in [2.24, 2.45) is 0 Å². The lowest BCUT2D eigenvalue weighted by Crippen LogP contribution is -2.28.